The summed E-state index contributed by atoms with van der Waals surface area (Å²) in [6, 6.07) is 1.69. The fourth-order valence-corrected chi connectivity index (χ4v) is 2.41. The van der Waals surface area contributed by atoms with Crippen LogP contribution in [0.4, 0.5) is 0 Å². The molecule has 21 heavy (non-hydrogen) atoms. The van der Waals surface area contributed by atoms with Crippen LogP contribution in [0.2, 0.25) is 0 Å². The summed E-state index contributed by atoms with van der Waals surface area (Å²) in [7, 11) is 0. The summed E-state index contributed by atoms with van der Waals surface area (Å²) in [6.07, 6.45) is 6.05. The molecule has 0 unspecified atom stereocenters. The minimum atomic E-state index is -0.520. The Hall–Kier alpha value is -2.89. The van der Waals surface area contributed by atoms with Gasteiger partial charge in [-0.15, -0.1) is 0 Å². The fourth-order valence-electron chi connectivity index (χ4n) is 2.41. The Kier molecular flexibility index (Phi) is 3.06. The molecule has 0 bridgehead atoms. The van der Waals surface area contributed by atoms with Crippen molar-refractivity contribution in [1.29, 1.82) is 0 Å². The highest BCUT2D eigenvalue weighted by molar-refractivity contribution is 5.98. The van der Waals surface area contributed by atoms with Crippen molar-refractivity contribution in [3.05, 3.63) is 47.7 Å². The van der Waals surface area contributed by atoms with Gasteiger partial charge in [0.05, 0.1) is 12.4 Å². The highest BCUT2D eigenvalue weighted by Crippen LogP contribution is 2.35. The van der Waals surface area contributed by atoms with E-state index in [0.717, 1.165) is 16.7 Å². The Balaban J connectivity index is 2.35. The average molecular weight is 283 g/mol. The Labute approximate surface area is 120 Å². The van der Waals surface area contributed by atoms with E-state index in [0.29, 0.717) is 22.9 Å². The van der Waals surface area contributed by atoms with Gasteiger partial charge >= 0.3 is 0 Å². The van der Waals surface area contributed by atoms with Gasteiger partial charge in [0.25, 0.3) is 0 Å². The first-order chi connectivity index (χ1) is 10.1. The number of nitrogens with two attached hydrogens (primary N) is 1. The molecule has 0 aliphatic carbocycles. The summed E-state index contributed by atoms with van der Waals surface area (Å²) in [6.45, 7) is 3.71. The molecule has 0 aliphatic heterocycles. The maximum atomic E-state index is 11.7. The summed E-state index contributed by atoms with van der Waals surface area (Å²) < 4.78 is 10.7. The average Bonchev–Trinajstić information content (AvgIpc) is 3.11. The highest BCUT2D eigenvalue weighted by Gasteiger charge is 2.21. The van der Waals surface area contributed by atoms with Crippen molar-refractivity contribution >= 4 is 5.91 Å². The third kappa shape index (κ3) is 2.10. The molecule has 1 aromatic carbocycles. The van der Waals surface area contributed by atoms with E-state index < -0.39 is 5.91 Å². The van der Waals surface area contributed by atoms with Crippen molar-refractivity contribution in [2.24, 2.45) is 5.73 Å². The number of amides is 1. The Morgan fingerprint density at radius 1 is 1.05 bits per heavy atom. The number of primary amides is 1. The van der Waals surface area contributed by atoms with Crippen LogP contribution in [0.3, 0.4) is 0 Å². The number of hydrogen-bond acceptors (Lipinski definition) is 5. The molecule has 1 amide bonds. The van der Waals surface area contributed by atoms with E-state index in [-0.39, 0.29) is 0 Å². The van der Waals surface area contributed by atoms with Gasteiger partial charge in [-0.25, -0.2) is 9.97 Å². The Morgan fingerprint density at radius 3 is 2.19 bits per heavy atom. The quantitative estimate of drug-likeness (QED) is 0.797. The lowest BCUT2D eigenvalue weighted by Crippen LogP contribution is -2.14. The van der Waals surface area contributed by atoms with Crippen LogP contribution in [0.5, 0.6) is 0 Å². The summed E-state index contributed by atoms with van der Waals surface area (Å²) in [5, 5.41) is 0. The molecule has 3 aromatic rings. The zero-order valence-electron chi connectivity index (χ0n) is 11.6. The smallest absolute Gasteiger partial charge is 0.249 e. The first kappa shape index (κ1) is 13.1. The summed E-state index contributed by atoms with van der Waals surface area (Å²) in [4.78, 5) is 20.0. The van der Waals surface area contributed by atoms with E-state index >= 15 is 0 Å². The van der Waals surface area contributed by atoms with E-state index in [2.05, 4.69) is 9.97 Å². The monoisotopic (exact) mass is 283 g/mol. The molecule has 6 nitrogen and oxygen atoms in total. The van der Waals surface area contributed by atoms with Crippen LogP contribution < -0.4 is 5.73 Å². The van der Waals surface area contributed by atoms with Crippen molar-refractivity contribution in [3.63, 3.8) is 0 Å². The summed E-state index contributed by atoms with van der Waals surface area (Å²) in [5.74, 6) is 0.330. The number of carbonyl (C=O) groups excluding carboxylic acids is 1. The lowest BCUT2D eigenvalue weighted by Gasteiger charge is -2.13. The number of carbonyl (C=O) groups is 1. The maximum absolute atomic E-state index is 11.7. The number of aromatic nitrogens is 2. The van der Waals surface area contributed by atoms with E-state index in [1.54, 1.807) is 18.5 Å². The number of rotatable bonds is 3. The van der Waals surface area contributed by atoms with Gasteiger partial charge in [-0.3, -0.25) is 4.79 Å². The molecular weight excluding hydrogens is 270 g/mol. The van der Waals surface area contributed by atoms with Crippen LogP contribution >= 0.6 is 0 Å². The van der Waals surface area contributed by atoms with Crippen molar-refractivity contribution in [2.75, 3.05) is 0 Å². The molecule has 0 aliphatic rings. The second kappa shape index (κ2) is 4.90. The lowest BCUT2D eigenvalue weighted by molar-refractivity contribution is 0.1000. The van der Waals surface area contributed by atoms with Crippen molar-refractivity contribution in [3.8, 4) is 22.9 Å². The van der Waals surface area contributed by atoms with Gasteiger partial charge in [0.2, 0.25) is 17.7 Å². The van der Waals surface area contributed by atoms with E-state index in [1.165, 1.54) is 12.5 Å². The van der Waals surface area contributed by atoms with Gasteiger partial charge in [-0.1, -0.05) is 0 Å². The van der Waals surface area contributed by atoms with E-state index in [1.807, 2.05) is 13.8 Å². The molecule has 0 saturated carbocycles. The molecule has 106 valence electrons. The summed E-state index contributed by atoms with van der Waals surface area (Å²) in [5.41, 5.74) is 8.86. The molecule has 3 rings (SSSR count). The standard InChI is InChI=1S/C15H13N3O3/c1-8-10(13(16)19)7-11(14-17-3-5-20-14)9(2)12(8)15-18-4-6-21-15/h3-7H,1-2H3,(H2,16,19). The van der Waals surface area contributed by atoms with E-state index in [4.69, 9.17) is 14.6 Å². The van der Waals surface area contributed by atoms with Gasteiger partial charge in [-0.05, 0) is 31.0 Å². The number of oxazole rings is 2. The first-order valence-electron chi connectivity index (χ1n) is 6.33. The van der Waals surface area contributed by atoms with Crippen LogP contribution in [-0.4, -0.2) is 15.9 Å². The molecular formula is C15H13N3O3. The van der Waals surface area contributed by atoms with Gasteiger partial charge in [-0.2, -0.15) is 0 Å². The fraction of sp³-hybridized carbons (Fsp3) is 0.133. The minimum Gasteiger partial charge on any atom is -0.445 e. The molecule has 2 N–H and O–H groups in total. The second-order valence-electron chi connectivity index (χ2n) is 4.64. The molecule has 0 atom stereocenters. The maximum Gasteiger partial charge on any atom is 0.249 e. The Morgan fingerprint density at radius 2 is 1.67 bits per heavy atom. The van der Waals surface area contributed by atoms with Crippen molar-refractivity contribution in [1.82, 2.24) is 9.97 Å². The van der Waals surface area contributed by atoms with Gasteiger partial charge < -0.3 is 14.6 Å². The van der Waals surface area contributed by atoms with Crippen LogP contribution in [0.25, 0.3) is 22.9 Å². The first-order valence-corrected chi connectivity index (χ1v) is 6.33. The zero-order valence-corrected chi connectivity index (χ0v) is 11.6. The Bertz CT molecular complexity index is 790. The lowest BCUT2D eigenvalue weighted by atomic mass is 9.92. The van der Waals surface area contributed by atoms with Gasteiger partial charge in [0.15, 0.2) is 0 Å². The largest absolute Gasteiger partial charge is 0.445 e. The molecule has 2 heterocycles. The van der Waals surface area contributed by atoms with Gasteiger partial charge in [0, 0.05) is 16.7 Å². The van der Waals surface area contributed by atoms with Crippen LogP contribution in [0.1, 0.15) is 21.5 Å². The molecule has 0 spiro atoms. The molecule has 2 aromatic heterocycles. The van der Waals surface area contributed by atoms with Gasteiger partial charge in [0.1, 0.15) is 12.5 Å². The topological polar surface area (TPSA) is 95.2 Å². The normalized spacial score (nSPS) is 10.8. The SMILES string of the molecule is Cc1c(C(N)=O)cc(-c2ncco2)c(C)c1-c1ncco1. The van der Waals surface area contributed by atoms with Crippen molar-refractivity contribution in [2.45, 2.75) is 13.8 Å². The molecule has 0 saturated heterocycles. The molecule has 0 radical (unpaired) electrons. The van der Waals surface area contributed by atoms with Crippen LogP contribution in [0, 0.1) is 13.8 Å². The molecule has 0 fully saturated rings. The van der Waals surface area contributed by atoms with Crippen LogP contribution in [0.15, 0.2) is 39.8 Å². The number of hydrogen-bond donors (Lipinski definition) is 1. The second-order valence-corrected chi connectivity index (χ2v) is 4.64. The van der Waals surface area contributed by atoms with E-state index in [9.17, 15) is 4.79 Å². The third-order valence-corrected chi connectivity index (χ3v) is 3.42. The van der Waals surface area contributed by atoms with Crippen molar-refractivity contribution < 1.29 is 13.6 Å². The minimum absolute atomic E-state index is 0.391. The highest BCUT2D eigenvalue weighted by atomic mass is 16.3. The predicted molar refractivity (Wildman–Crippen MR) is 75.4 cm³/mol. The predicted octanol–water partition coefficient (Wildman–Crippen LogP) is 2.71. The third-order valence-electron chi connectivity index (χ3n) is 3.42. The van der Waals surface area contributed by atoms with Crippen LogP contribution in [-0.2, 0) is 0 Å². The zero-order chi connectivity index (χ0) is 15.0. The summed E-state index contributed by atoms with van der Waals surface area (Å²) >= 11 is 0. The number of nitrogens with zero attached hydrogens (tertiary/aromatic N) is 2. The number of benzene rings is 1. The molecule has 6 heteroatoms.